The van der Waals surface area contributed by atoms with Crippen molar-refractivity contribution in [3.05, 3.63) is 0 Å². The van der Waals surface area contributed by atoms with Gasteiger partial charge in [0.1, 0.15) is 0 Å². The Morgan fingerprint density at radius 2 is 0.920 bits per heavy atom. The molecule has 25 heavy (non-hydrogen) atoms. The molecule has 0 aromatic heterocycles. The first-order chi connectivity index (χ1) is 10.5. The largest absolute Gasteiger partial charge is 0.748 e. The second kappa shape index (κ2) is 6.02. The molecule has 0 spiro atoms. The first-order valence-corrected chi connectivity index (χ1v) is 6.93. The summed E-state index contributed by atoms with van der Waals surface area (Å²) < 4.78 is 193. The fourth-order valence-corrected chi connectivity index (χ4v) is 1.72. The van der Waals surface area contributed by atoms with Crippen LogP contribution in [0.3, 0.4) is 0 Å². The summed E-state index contributed by atoms with van der Waals surface area (Å²) in [6.45, 7) is 0. The molecule has 0 bridgehead atoms. The van der Waals surface area contributed by atoms with Crippen molar-refractivity contribution < 1.29 is 70.0 Å². The molecule has 152 valence electrons. The molecule has 0 aromatic carbocycles. The summed E-state index contributed by atoms with van der Waals surface area (Å²) in [5.41, 5.74) is 0. The Bertz CT molecular complexity index is 591. The zero-order chi connectivity index (χ0) is 20.9. The molecule has 0 unspecified atom stereocenters. The highest BCUT2D eigenvalue weighted by atomic mass is 32.2. The molecule has 17 heteroatoms. The van der Waals surface area contributed by atoms with E-state index in [1.54, 1.807) is 0 Å². The van der Waals surface area contributed by atoms with Crippen molar-refractivity contribution in [3.63, 3.8) is 0 Å². The second-order valence-electron chi connectivity index (χ2n) is 4.51. The minimum atomic E-state index is -8.05. The molecule has 0 aliphatic carbocycles. The van der Waals surface area contributed by atoms with Crippen molar-refractivity contribution >= 4 is 10.1 Å². The standard InChI is InChI=1S/C8H5F13O3S/c9-3(10,1-2-25(22,23)24)4(11,12)5(13,14)6(15,16)7(17,18)8(19,20)21/h1-2H2,(H,22,23,24)/p-1. The van der Waals surface area contributed by atoms with Crippen molar-refractivity contribution in [3.8, 4) is 0 Å². The zero-order valence-electron chi connectivity index (χ0n) is 11.0. The van der Waals surface area contributed by atoms with Crippen LogP contribution in [0.1, 0.15) is 6.42 Å². The molecule has 0 aromatic rings. The van der Waals surface area contributed by atoms with Gasteiger partial charge in [-0.2, -0.15) is 57.1 Å². The lowest BCUT2D eigenvalue weighted by atomic mass is 9.93. The fourth-order valence-electron chi connectivity index (χ4n) is 1.21. The maximum Gasteiger partial charge on any atom is 0.460 e. The van der Waals surface area contributed by atoms with E-state index >= 15 is 0 Å². The molecule has 0 radical (unpaired) electrons. The lowest BCUT2D eigenvalue weighted by Crippen LogP contribution is -2.70. The zero-order valence-corrected chi connectivity index (χ0v) is 11.8. The average molecular weight is 427 g/mol. The number of halogens is 13. The van der Waals surface area contributed by atoms with E-state index < -0.39 is 58.1 Å². The topological polar surface area (TPSA) is 57.2 Å². The number of hydrogen-bond acceptors (Lipinski definition) is 3. The Morgan fingerprint density at radius 3 is 1.20 bits per heavy atom. The van der Waals surface area contributed by atoms with Crippen LogP contribution in [0.5, 0.6) is 0 Å². The first-order valence-electron chi connectivity index (χ1n) is 5.35. The van der Waals surface area contributed by atoms with Crippen molar-refractivity contribution in [1.29, 1.82) is 0 Å². The molecule has 0 fully saturated rings. The minimum absolute atomic E-state index is 2.52. The van der Waals surface area contributed by atoms with Gasteiger partial charge in [0, 0.05) is 12.2 Å². The summed E-state index contributed by atoms with van der Waals surface area (Å²) in [6, 6.07) is 0. The van der Waals surface area contributed by atoms with Gasteiger partial charge >= 0.3 is 35.8 Å². The quantitative estimate of drug-likeness (QED) is 0.461. The van der Waals surface area contributed by atoms with E-state index in [0.717, 1.165) is 0 Å². The van der Waals surface area contributed by atoms with Crippen molar-refractivity contribution in [2.45, 2.75) is 42.2 Å². The minimum Gasteiger partial charge on any atom is -0.748 e. The summed E-state index contributed by atoms with van der Waals surface area (Å²) in [6.07, 6.45) is -10.6. The predicted molar refractivity (Wildman–Crippen MR) is 50.0 cm³/mol. The second-order valence-corrected chi connectivity index (χ2v) is 6.04. The molecule has 0 saturated heterocycles. The molecule has 0 N–H and O–H groups in total. The molecule has 0 rings (SSSR count). The van der Waals surface area contributed by atoms with E-state index in [1.807, 2.05) is 0 Å². The highest BCUT2D eigenvalue weighted by Gasteiger charge is 2.90. The summed E-state index contributed by atoms with van der Waals surface area (Å²) in [5.74, 6) is -40.6. The van der Waals surface area contributed by atoms with Crippen LogP contribution in [0.2, 0.25) is 0 Å². The predicted octanol–water partition coefficient (Wildman–Crippen LogP) is 3.66. The van der Waals surface area contributed by atoms with E-state index in [2.05, 4.69) is 0 Å². The normalized spacial score (nSPS) is 16.2. The lowest BCUT2D eigenvalue weighted by molar-refractivity contribution is -0.439. The summed E-state index contributed by atoms with van der Waals surface area (Å²) in [4.78, 5) is 0. The van der Waals surface area contributed by atoms with Gasteiger partial charge in [0.05, 0.1) is 10.1 Å². The molecule has 0 amide bonds. The third-order valence-corrected chi connectivity index (χ3v) is 3.37. The maximum absolute atomic E-state index is 13.0. The van der Waals surface area contributed by atoms with Gasteiger partial charge in [0.15, 0.2) is 0 Å². The molecule has 3 nitrogen and oxygen atoms in total. The van der Waals surface area contributed by atoms with Crippen LogP contribution in [0.15, 0.2) is 0 Å². The van der Waals surface area contributed by atoms with Crippen LogP contribution in [-0.4, -0.2) is 54.5 Å². The first kappa shape index (κ1) is 24.0. The maximum atomic E-state index is 13.0. The Labute approximate surface area is 129 Å². The molecule has 0 saturated carbocycles. The van der Waals surface area contributed by atoms with Crippen LogP contribution in [0, 0.1) is 0 Å². The van der Waals surface area contributed by atoms with E-state index in [9.17, 15) is 70.0 Å². The molecule has 0 heterocycles. The third-order valence-electron chi connectivity index (χ3n) is 2.66. The van der Waals surface area contributed by atoms with Gasteiger partial charge < -0.3 is 4.55 Å². The molecular weight excluding hydrogens is 423 g/mol. The van der Waals surface area contributed by atoms with E-state index in [0.29, 0.717) is 0 Å². The Kier molecular flexibility index (Phi) is 5.78. The Balaban J connectivity index is 6.11. The van der Waals surface area contributed by atoms with Crippen molar-refractivity contribution in [2.24, 2.45) is 0 Å². The number of rotatable bonds is 7. The smallest absolute Gasteiger partial charge is 0.460 e. The van der Waals surface area contributed by atoms with Crippen LogP contribution >= 0.6 is 0 Å². The molecule has 0 aliphatic heterocycles. The van der Waals surface area contributed by atoms with Gasteiger partial charge in [-0.25, -0.2) is 8.42 Å². The van der Waals surface area contributed by atoms with Crippen molar-refractivity contribution in [2.75, 3.05) is 5.75 Å². The Morgan fingerprint density at radius 1 is 0.600 bits per heavy atom. The van der Waals surface area contributed by atoms with Crippen LogP contribution in [0.4, 0.5) is 57.1 Å². The van der Waals surface area contributed by atoms with Gasteiger partial charge in [-0.05, 0) is 0 Å². The lowest BCUT2D eigenvalue weighted by Gasteiger charge is -2.39. The number of alkyl halides is 13. The van der Waals surface area contributed by atoms with Gasteiger partial charge in [-0.15, -0.1) is 0 Å². The molecule has 0 atom stereocenters. The van der Waals surface area contributed by atoms with Gasteiger partial charge in [0.2, 0.25) is 0 Å². The highest BCUT2D eigenvalue weighted by molar-refractivity contribution is 7.85. The van der Waals surface area contributed by atoms with E-state index in [1.165, 1.54) is 0 Å². The fraction of sp³-hybridized carbons (Fsp3) is 1.00. The monoisotopic (exact) mass is 427 g/mol. The van der Waals surface area contributed by atoms with Crippen LogP contribution in [-0.2, 0) is 10.1 Å². The summed E-state index contributed by atoms with van der Waals surface area (Å²) >= 11 is 0. The van der Waals surface area contributed by atoms with Gasteiger partial charge in [-0.1, -0.05) is 0 Å². The number of hydrogen-bond donors (Lipinski definition) is 0. The molecule has 0 aliphatic rings. The third kappa shape index (κ3) is 3.90. The van der Waals surface area contributed by atoms with Crippen molar-refractivity contribution in [1.82, 2.24) is 0 Å². The van der Waals surface area contributed by atoms with Gasteiger partial charge in [-0.3, -0.25) is 0 Å². The van der Waals surface area contributed by atoms with Crippen LogP contribution in [0.25, 0.3) is 0 Å². The summed E-state index contributed by atoms with van der Waals surface area (Å²) in [5, 5.41) is 0. The van der Waals surface area contributed by atoms with E-state index in [-0.39, 0.29) is 0 Å². The van der Waals surface area contributed by atoms with E-state index in [4.69, 9.17) is 0 Å². The highest BCUT2D eigenvalue weighted by Crippen LogP contribution is 2.60. The van der Waals surface area contributed by atoms with Gasteiger partial charge in [0.25, 0.3) is 0 Å². The SMILES string of the molecule is O=S(=O)([O-])CCC(F)(F)C(F)(F)C(F)(F)C(F)(F)C(F)(F)C(F)(F)F. The molecular formula is C8H4F13O3S-. The Hall–Kier alpha value is -1.00. The summed E-state index contributed by atoms with van der Waals surface area (Å²) in [7, 11) is -5.77. The van der Waals surface area contributed by atoms with Crippen LogP contribution < -0.4 is 0 Å². The average Bonchev–Trinajstić information content (AvgIpc) is 2.33.